The van der Waals surface area contributed by atoms with Crippen molar-refractivity contribution in [3.63, 3.8) is 0 Å². The molecular weight excluding hydrogens is 268 g/mol. The van der Waals surface area contributed by atoms with Gasteiger partial charge in [-0.25, -0.2) is 0 Å². The average Bonchev–Trinajstić information content (AvgIpc) is 2.87. The predicted octanol–water partition coefficient (Wildman–Crippen LogP) is 4.91. The molecule has 1 aromatic heterocycles. The van der Waals surface area contributed by atoms with Gasteiger partial charge in [0.05, 0.1) is 11.7 Å². The highest BCUT2D eigenvalue weighted by Gasteiger charge is 2.22. The van der Waals surface area contributed by atoms with E-state index in [1.54, 1.807) is 0 Å². The monoisotopic (exact) mass is 288 g/mol. The molecule has 1 saturated carbocycles. The molecule has 0 radical (unpaired) electrons. The van der Waals surface area contributed by atoms with Crippen molar-refractivity contribution >= 4 is 22.6 Å². The molecule has 0 saturated heterocycles. The molecule has 0 amide bonds. The first kappa shape index (κ1) is 13.3. The van der Waals surface area contributed by atoms with Gasteiger partial charge in [-0.3, -0.25) is 4.68 Å². The van der Waals surface area contributed by atoms with Gasteiger partial charge in [-0.1, -0.05) is 48.9 Å². The summed E-state index contributed by atoms with van der Waals surface area (Å²) < 4.78 is 1.92. The van der Waals surface area contributed by atoms with Crippen molar-refractivity contribution in [3.05, 3.63) is 65.9 Å². The van der Waals surface area contributed by atoms with Crippen molar-refractivity contribution in [3.8, 4) is 0 Å². The molecular formula is C20H20N2. The lowest BCUT2D eigenvalue weighted by atomic mass is 9.76. The van der Waals surface area contributed by atoms with Crippen LogP contribution in [0.2, 0.25) is 0 Å². The van der Waals surface area contributed by atoms with Gasteiger partial charge in [-0.05, 0) is 47.6 Å². The summed E-state index contributed by atoms with van der Waals surface area (Å²) >= 11 is 0. The van der Waals surface area contributed by atoms with Crippen LogP contribution < -0.4 is 0 Å². The molecule has 110 valence electrons. The molecule has 1 fully saturated rings. The quantitative estimate of drug-likeness (QED) is 0.626. The Labute approximate surface area is 131 Å². The lowest BCUT2D eigenvalue weighted by molar-refractivity contribution is 0.401. The van der Waals surface area contributed by atoms with Crippen molar-refractivity contribution in [1.82, 2.24) is 9.78 Å². The zero-order valence-electron chi connectivity index (χ0n) is 12.9. The number of hydrogen-bond acceptors (Lipinski definition) is 1. The highest BCUT2D eigenvalue weighted by atomic mass is 15.2. The third-order valence-electron chi connectivity index (χ3n) is 4.74. The summed E-state index contributed by atoms with van der Waals surface area (Å²) in [6.07, 6.45) is 8.30. The zero-order valence-corrected chi connectivity index (χ0v) is 12.9. The predicted molar refractivity (Wildman–Crippen MR) is 92.4 cm³/mol. The second-order valence-corrected chi connectivity index (χ2v) is 6.18. The summed E-state index contributed by atoms with van der Waals surface area (Å²) in [5, 5.41) is 5.54. The van der Waals surface area contributed by atoms with Crippen LogP contribution in [0.5, 0.6) is 0 Å². The highest BCUT2D eigenvalue weighted by molar-refractivity contribution is 5.87. The molecule has 22 heavy (non-hydrogen) atoms. The zero-order chi connectivity index (χ0) is 14.9. The molecule has 0 aliphatic heterocycles. The molecule has 2 aromatic carbocycles. The number of aromatic nitrogens is 2. The molecule has 1 aliphatic carbocycles. The van der Waals surface area contributed by atoms with Crippen LogP contribution in [0.1, 0.15) is 30.4 Å². The topological polar surface area (TPSA) is 17.8 Å². The Morgan fingerprint density at radius 2 is 1.95 bits per heavy atom. The fourth-order valence-corrected chi connectivity index (χ4v) is 3.24. The van der Waals surface area contributed by atoms with Gasteiger partial charge in [0.2, 0.25) is 0 Å². The fraction of sp³-hybridized carbons (Fsp3) is 0.250. The van der Waals surface area contributed by atoms with Crippen LogP contribution in [-0.4, -0.2) is 9.78 Å². The maximum atomic E-state index is 4.33. The van der Waals surface area contributed by atoms with E-state index in [1.807, 2.05) is 17.9 Å². The van der Waals surface area contributed by atoms with Gasteiger partial charge in [0.1, 0.15) is 0 Å². The Balaban J connectivity index is 1.78. The van der Waals surface area contributed by atoms with E-state index >= 15 is 0 Å². The van der Waals surface area contributed by atoms with E-state index in [0.717, 1.165) is 0 Å². The maximum absolute atomic E-state index is 4.33. The Kier molecular flexibility index (Phi) is 3.30. The van der Waals surface area contributed by atoms with Crippen molar-refractivity contribution < 1.29 is 0 Å². The van der Waals surface area contributed by atoms with Gasteiger partial charge < -0.3 is 0 Å². The summed E-state index contributed by atoms with van der Waals surface area (Å²) in [4.78, 5) is 0. The van der Waals surface area contributed by atoms with Gasteiger partial charge in [0.25, 0.3) is 0 Å². The van der Waals surface area contributed by atoms with Crippen LogP contribution in [0.3, 0.4) is 0 Å². The Bertz CT molecular complexity index is 823. The maximum Gasteiger partial charge on any atom is 0.0679 e. The number of fused-ring (bicyclic) bond motifs is 1. The van der Waals surface area contributed by atoms with Crippen LogP contribution in [0.25, 0.3) is 22.6 Å². The van der Waals surface area contributed by atoms with Gasteiger partial charge in [0, 0.05) is 12.4 Å². The van der Waals surface area contributed by atoms with Crippen molar-refractivity contribution in [2.45, 2.75) is 19.3 Å². The second kappa shape index (κ2) is 5.45. The van der Waals surface area contributed by atoms with E-state index in [0.29, 0.717) is 5.92 Å². The molecule has 4 rings (SSSR count). The number of nitrogens with zero attached hydrogens (tertiary/aromatic N) is 2. The van der Waals surface area contributed by atoms with Crippen molar-refractivity contribution in [1.29, 1.82) is 0 Å². The molecule has 0 N–H and O–H groups in total. The molecule has 3 aromatic rings. The summed E-state index contributed by atoms with van der Waals surface area (Å²) in [6.45, 7) is 0. The van der Waals surface area contributed by atoms with Crippen LogP contribution in [0.15, 0.2) is 54.7 Å². The third-order valence-corrected chi connectivity index (χ3v) is 4.74. The lowest BCUT2D eigenvalue weighted by Crippen LogP contribution is -2.12. The van der Waals surface area contributed by atoms with E-state index in [4.69, 9.17) is 0 Å². The van der Waals surface area contributed by atoms with Gasteiger partial charge in [0.15, 0.2) is 0 Å². The lowest BCUT2D eigenvalue weighted by Gasteiger charge is -2.28. The molecule has 0 bridgehead atoms. The average molecular weight is 288 g/mol. The highest BCUT2D eigenvalue weighted by Crippen LogP contribution is 2.39. The molecule has 2 heteroatoms. The third kappa shape index (κ3) is 2.35. The number of allylic oxidation sites excluding steroid dienone is 1. The smallest absolute Gasteiger partial charge is 0.0679 e. The van der Waals surface area contributed by atoms with Crippen LogP contribution in [0.4, 0.5) is 0 Å². The molecule has 2 nitrogen and oxygen atoms in total. The summed E-state index contributed by atoms with van der Waals surface area (Å²) in [5.74, 6) is 0.715. The minimum Gasteiger partial charge on any atom is -0.268 e. The molecule has 0 unspecified atom stereocenters. The number of rotatable bonds is 3. The van der Waals surface area contributed by atoms with Crippen molar-refractivity contribution in [2.24, 2.45) is 13.0 Å². The largest absolute Gasteiger partial charge is 0.268 e. The van der Waals surface area contributed by atoms with Crippen LogP contribution >= 0.6 is 0 Å². The van der Waals surface area contributed by atoms with E-state index in [1.165, 1.54) is 46.9 Å². The second-order valence-electron chi connectivity index (χ2n) is 6.18. The first-order valence-electron chi connectivity index (χ1n) is 8.00. The normalized spacial score (nSPS) is 16.0. The fourth-order valence-electron chi connectivity index (χ4n) is 3.24. The summed E-state index contributed by atoms with van der Waals surface area (Å²) in [6, 6.07) is 17.4. The van der Waals surface area contributed by atoms with E-state index in [2.05, 4.69) is 59.7 Å². The molecule has 1 heterocycles. The van der Waals surface area contributed by atoms with Gasteiger partial charge in [-0.15, -0.1) is 0 Å². The number of benzene rings is 2. The summed E-state index contributed by atoms with van der Waals surface area (Å²) in [5.41, 5.74) is 5.29. The Hall–Kier alpha value is -2.35. The van der Waals surface area contributed by atoms with Gasteiger partial charge in [-0.2, -0.15) is 5.10 Å². The van der Waals surface area contributed by atoms with Gasteiger partial charge >= 0.3 is 0 Å². The SMILES string of the molecule is Cn1ncc2cc(/C=C(/c3ccccc3)C3CCC3)ccc21. The molecule has 0 atom stereocenters. The number of hydrogen-bond donors (Lipinski definition) is 0. The Morgan fingerprint density at radius 3 is 2.68 bits per heavy atom. The summed E-state index contributed by atoms with van der Waals surface area (Å²) in [7, 11) is 1.99. The van der Waals surface area contributed by atoms with Crippen molar-refractivity contribution in [2.75, 3.05) is 0 Å². The standard InChI is InChI=1S/C20H20N2/c1-22-20-11-10-15(12-18(20)14-21-22)13-19(17-8-5-9-17)16-6-3-2-4-7-16/h2-4,6-7,10-14,17H,5,8-9H2,1H3/b19-13-. The molecule has 1 aliphatic rings. The number of aryl methyl sites for hydroxylation is 1. The van der Waals surface area contributed by atoms with Crippen LogP contribution in [0, 0.1) is 5.92 Å². The first-order chi connectivity index (χ1) is 10.8. The van der Waals surface area contributed by atoms with Crippen LogP contribution in [-0.2, 0) is 7.05 Å². The van der Waals surface area contributed by atoms with E-state index in [9.17, 15) is 0 Å². The minimum atomic E-state index is 0.715. The Morgan fingerprint density at radius 1 is 1.14 bits per heavy atom. The molecule has 0 spiro atoms. The van der Waals surface area contributed by atoms with E-state index < -0.39 is 0 Å². The first-order valence-corrected chi connectivity index (χ1v) is 8.00. The van der Waals surface area contributed by atoms with E-state index in [-0.39, 0.29) is 0 Å². The minimum absolute atomic E-state index is 0.715.